The third-order valence-electron chi connectivity index (χ3n) is 4.23. The number of halogens is 3. The van der Waals surface area contributed by atoms with E-state index in [9.17, 15) is 18.3 Å². The molecule has 3 N–H and O–H groups in total. The molecule has 1 saturated carbocycles. The first-order valence-electron chi connectivity index (χ1n) is 8.74. The zero-order chi connectivity index (χ0) is 19.2. The smallest absolute Gasteiger partial charge is 0.422 e. The molecule has 1 aliphatic carbocycles. The first-order chi connectivity index (χ1) is 12.2. The van der Waals surface area contributed by atoms with Crippen molar-refractivity contribution in [2.75, 3.05) is 19.7 Å². The van der Waals surface area contributed by atoms with Crippen molar-refractivity contribution in [3.8, 4) is 5.75 Å². The molecule has 0 radical (unpaired) electrons. The summed E-state index contributed by atoms with van der Waals surface area (Å²) in [6, 6.07) is 5.10. The maximum Gasteiger partial charge on any atom is 0.422 e. The molecule has 8 heteroatoms. The van der Waals surface area contributed by atoms with Crippen LogP contribution in [0.2, 0.25) is 0 Å². The molecule has 0 bridgehead atoms. The van der Waals surface area contributed by atoms with Gasteiger partial charge in [0.25, 0.3) is 0 Å². The Morgan fingerprint density at radius 1 is 1.31 bits per heavy atom. The second kappa shape index (κ2) is 8.62. The lowest BCUT2D eigenvalue weighted by molar-refractivity contribution is -0.153. The van der Waals surface area contributed by atoms with Gasteiger partial charge in [0.2, 0.25) is 0 Å². The standard InChI is InChI=1S/C18H26F3N3O2/c1-3-22-16(24-11-17(25)7-4-8-17)23-10-14-6-5-13(2)9-15(14)26-12-18(19,20)21/h5-6,9,25H,3-4,7-8,10-12H2,1-2H3,(H2,22,23,24). The lowest BCUT2D eigenvalue weighted by Crippen LogP contribution is -2.50. The lowest BCUT2D eigenvalue weighted by Gasteiger charge is -2.37. The summed E-state index contributed by atoms with van der Waals surface area (Å²) in [4.78, 5) is 4.40. The fourth-order valence-electron chi connectivity index (χ4n) is 2.60. The van der Waals surface area contributed by atoms with Crippen LogP contribution in [0.25, 0.3) is 0 Å². The number of ether oxygens (including phenoxy) is 1. The van der Waals surface area contributed by atoms with E-state index in [4.69, 9.17) is 4.74 Å². The second-order valence-corrected chi connectivity index (χ2v) is 6.64. The van der Waals surface area contributed by atoms with E-state index in [0.29, 0.717) is 24.6 Å². The molecule has 1 aromatic carbocycles. The predicted molar refractivity (Wildman–Crippen MR) is 94.3 cm³/mol. The Morgan fingerprint density at radius 2 is 2.04 bits per heavy atom. The number of benzene rings is 1. The van der Waals surface area contributed by atoms with Crippen molar-refractivity contribution in [1.82, 2.24) is 10.6 Å². The van der Waals surface area contributed by atoms with Crippen molar-refractivity contribution in [3.63, 3.8) is 0 Å². The first-order valence-corrected chi connectivity index (χ1v) is 8.74. The van der Waals surface area contributed by atoms with Crippen molar-refractivity contribution in [2.24, 2.45) is 4.99 Å². The van der Waals surface area contributed by atoms with E-state index < -0.39 is 18.4 Å². The summed E-state index contributed by atoms with van der Waals surface area (Å²) in [6.45, 7) is 3.57. The molecule has 146 valence electrons. The molecule has 0 unspecified atom stereocenters. The summed E-state index contributed by atoms with van der Waals surface area (Å²) < 4.78 is 42.3. The largest absolute Gasteiger partial charge is 0.484 e. The van der Waals surface area contributed by atoms with Crippen molar-refractivity contribution in [2.45, 2.75) is 51.4 Å². The Labute approximate surface area is 151 Å². The van der Waals surface area contributed by atoms with E-state index in [-0.39, 0.29) is 12.3 Å². The lowest BCUT2D eigenvalue weighted by atomic mass is 9.80. The molecule has 1 fully saturated rings. The van der Waals surface area contributed by atoms with Gasteiger partial charge in [-0.2, -0.15) is 13.2 Å². The van der Waals surface area contributed by atoms with Crippen molar-refractivity contribution in [3.05, 3.63) is 29.3 Å². The molecule has 0 spiro atoms. The van der Waals surface area contributed by atoms with Crippen LogP contribution in [0.5, 0.6) is 5.75 Å². The van der Waals surface area contributed by atoms with Gasteiger partial charge in [-0.3, -0.25) is 0 Å². The van der Waals surface area contributed by atoms with Gasteiger partial charge in [0, 0.05) is 18.7 Å². The molecule has 0 atom stereocenters. The van der Waals surface area contributed by atoms with Crippen LogP contribution in [0.4, 0.5) is 13.2 Å². The highest BCUT2D eigenvalue weighted by atomic mass is 19.4. The number of alkyl halides is 3. The topological polar surface area (TPSA) is 65.9 Å². The number of guanidine groups is 1. The highest BCUT2D eigenvalue weighted by Crippen LogP contribution is 2.30. The van der Waals surface area contributed by atoms with Crippen LogP contribution in [0.3, 0.4) is 0 Å². The van der Waals surface area contributed by atoms with Crippen molar-refractivity contribution in [1.29, 1.82) is 0 Å². The molecule has 26 heavy (non-hydrogen) atoms. The number of aliphatic imine (C=N–C) groups is 1. The molecule has 1 aliphatic rings. The van der Waals surface area contributed by atoms with E-state index >= 15 is 0 Å². The third-order valence-corrected chi connectivity index (χ3v) is 4.23. The van der Waals surface area contributed by atoms with Crippen molar-refractivity contribution < 1.29 is 23.0 Å². The summed E-state index contributed by atoms with van der Waals surface area (Å²) in [5.74, 6) is 0.690. The number of rotatable bonds is 7. The van der Waals surface area contributed by atoms with Crippen LogP contribution in [0.15, 0.2) is 23.2 Å². The number of aryl methyl sites for hydroxylation is 1. The number of nitrogens with one attached hydrogen (secondary N) is 2. The van der Waals surface area contributed by atoms with Gasteiger partial charge >= 0.3 is 6.18 Å². The normalized spacial score (nSPS) is 16.8. The molecular formula is C18H26F3N3O2. The highest BCUT2D eigenvalue weighted by Gasteiger charge is 2.34. The highest BCUT2D eigenvalue weighted by molar-refractivity contribution is 5.79. The van der Waals surface area contributed by atoms with E-state index in [2.05, 4.69) is 15.6 Å². The molecule has 2 rings (SSSR count). The fourth-order valence-corrected chi connectivity index (χ4v) is 2.60. The zero-order valence-corrected chi connectivity index (χ0v) is 15.1. The van der Waals surface area contributed by atoms with Gasteiger partial charge in [-0.05, 0) is 44.7 Å². The molecule has 0 aromatic heterocycles. The minimum Gasteiger partial charge on any atom is -0.484 e. The van der Waals surface area contributed by atoms with Crippen molar-refractivity contribution >= 4 is 5.96 Å². The fraction of sp³-hybridized carbons (Fsp3) is 0.611. The Morgan fingerprint density at radius 3 is 2.62 bits per heavy atom. The minimum absolute atomic E-state index is 0.168. The van der Waals surface area contributed by atoms with Crippen LogP contribution in [0, 0.1) is 6.92 Å². The quantitative estimate of drug-likeness (QED) is 0.508. The van der Waals surface area contributed by atoms with Gasteiger partial charge in [-0.1, -0.05) is 12.1 Å². The molecule has 5 nitrogen and oxygen atoms in total. The average molecular weight is 373 g/mol. The zero-order valence-electron chi connectivity index (χ0n) is 15.1. The molecular weight excluding hydrogens is 347 g/mol. The Bertz CT molecular complexity index is 629. The SMILES string of the molecule is CCNC(=NCc1ccc(C)cc1OCC(F)(F)F)NCC1(O)CCC1. The van der Waals surface area contributed by atoms with E-state index in [1.54, 1.807) is 19.1 Å². The monoisotopic (exact) mass is 373 g/mol. The van der Waals surface area contributed by atoms with Gasteiger partial charge in [-0.15, -0.1) is 0 Å². The first kappa shape index (κ1) is 20.4. The van der Waals surface area contributed by atoms with Crippen LogP contribution >= 0.6 is 0 Å². The molecule has 0 saturated heterocycles. The number of hydrogen-bond acceptors (Lipinski definition) is 3. The third kappa shape index (κ3) is 6.40. The van der Waals surface area contributed by atoms with Crippen LogP contribution in [-0.4, -0.2) is 42.5 Å². The van der Waals surface area contributed by atoms with Crippen LogP contribution in [0.1, 0.15) is 37.3 Å². The van der Waals surface area contributed by atoms with Gasteiger partial charge < -0.3 is 20.5 Å². The molecule has 0 amide bonds. The number of nitrogens with zero attached hydrogens (tertiary/aromatic N) is 1. The average Bonchev–Trinajstić information content (AvgIpc) is 2.54. The minimum atomic E-state index is -4.39. The van der Waals surface area contributed by atoms with E-state index in [0.717, 1.165) is 24.8 Å². The summed E-state index contributed by atoms with van der Waals surface area (Å²) >= 11 is 0. The maximum atomic E-state index is 12.4. The number of aliphatic hydroxyl groups is 1. The van der Waals surface area contributed by atoms with Gasteiger partial charge in [0.15, 0.2) is 12.6 Å². The van der Waals surface area contributed by atoms with Crippen LogP contribution < -0.4 is 15.4 Å². The number of hydrogen-bond donors (Lipinski definition) is 3. The Hall–Kier alpha value is -1.96. The van der Waals surface area contributed by atoms with Crippen LogP contribution in [-0.2, 0) is 6.54 Å². The Kier molecular flexibility index (Phi) is 6.75. The van der Waals surface area contributed by atoms with E-state index in [1.165, 1.54) is 0 Å². The maximum absolute atomic E-state index is 12.4. The van der Waals surface area contributed by atoms with E-state index in [1.807, 2.05) is 13.0 Å². The predicted octanol–water partition coefficient (Wildman–Crippen LogP) is 2.91. The summed E-state index contributed by atoms with van der Waals surface area (Å²) in [7, 11) is 0. The molecule has 1 aromatic rings. The second-order valence-electron chi connectivity index (χ2n) is 6.64. The van der Waals surface area contributed by atoms with Gasteiger partial charge in [-0.25, -0.2) is 4.99 Å². The molecule has 0 aliphatic heterocycles. The molecule has 0 heterocycles. The summed E-state index contributed by atoms with van der Waals surface area (Å²) in [6.07, 6.45) is -1.87. The van der Waals surface area contributed by atoms with Gasteiger partial charge in [0.05, 0.1) is 12.1 Å². The summed E-state index contributed by atoms with van der Waals surface area (Å²) in [5.41, 5.74) is 0.688. The summed E-state index contributed by atoms with van der Waals surface area (Å²) in [5, 5.41) is 16.3. The van der Waals surface area contributed by atoms with Gasteiger partial charge in [0.1, 0.15) is 5.75 Å². The Balaban J connectivity index is 2.04.